The van der Waals surface area contributed by atoms with Crippen LogP contribution in [0.5, 0.6) is 0 Å². The maximum atomic E-state index is 13.4. The molecule has 2 aromatic carbocycles. The first kappa shape index (κ1) is 14.5. The number of anilines is 1. The van der Waals surface area contributed by atoms with Gasteiger partial charge in [-0.25, -0.2) is 4.39 Å². The molecule has 106 valence electrons. The van der Waals surface area contributed by atoms with Gasteiger partial charge >= 0.3 is 0 Å². The van der Waals surface area contributed by atoms with Crippen LogP contribution in [-0.2, 0) is 0 Å². The largest absolute Gasteiger partial charge is 0.394 e. The van der Waals surface area contributed by atoms with Gasteiger partial charge in [-0.05, 0) is 55.7 Å². The molecule has 20 heavy (non-hydrogen) atoms. The molecule has 3 heteroatoms. The van der Waals surface area contributed by atoms with Gasteiger partial charge in [-0.15, -0.1) is 0 Å². The SMILES string of the molecule is Cc1cc(F)cc(NC(CO)c2cc(C)ccc2C)c1. The molecular weight excluding hydrogens is 253 g/mol. The third-order valence-electron chi connectivity index (χ3n) is 3.38. The van der Waals surface area contributed by atoms with E-state index < -0.39 is 0 Å². The monoisotopic (exact) mass is 273 g/mol. The fourth-order valence-electron chi connectivity index (χ4n) is 2.38. The molecular formula is C17H20FNO. The normalized spacial score (nSPS) is 12.2. The summed E-state index contributed by atoms with van der Waals surface area (Å²) in [4.78, 5) is 0. The van der Waals surface area contributed by atoms with Gasteiger partial charge in [0, 0.05) is 5.69 Å². The Balaban J connectivity index is 2.31. The summed E-state index contributed by atoms with van der Waals surface area (Å²) in [6.07, 6.45) is 0. The van der Waals surface area contributed by atoms with Gasteiger partial charge in [0.15, 0.2) is 0 Å². The maximum absolute atomic E-state index is 13.4. The van der Waals surface area contributed by atoms with E-state index in [2.05, 4.69) is 11.4 Å². The molecule has 0 bridgehead atoms. The van der Waals surface area contributed by atoms with Crippen molar-refractivity contribution in [1.29, 1.82) is 0 Å². The first-order valence-corrected chi connectivity index (χ1v) is 6.71. The zero-order valence-corrected chi connectivity index (χ0v) is 12.1. The fourth-order valence-corrected chi connectivity index (χ4v) is 2.38. The second-order valence-corrected chi connectivity index (χ2v) is 5.26. The van der Waals surface area contributed by atoms with Crippen molar-refractivity contribution >= 4 is 5.69 Å². The minimum Gasteiger partial charge on any atom is -0.394 e. The molecule has 0 aliphatic heterocycles. The number of aliphatic hydroxyl groups excluding tert-OH is 1. The van der Waals surface area contributed by atoms with Gasteiger partial charge in [-0.2, -0.15) is 0 Å². The van der Waals surface area contributed by atoms with Crippen LogP contribution in [-0.4, -0.2) is 11.7 Å². The first-order valence-electron chi connectivity index (χ1n) is 6.71. The van der Waals surface area contributed by atoms with E-state index in [-0.39, 0.29) is 18.5 Å². The molecule has 0 aliphatic carbocycles. The molecule has 0 saturated carbocycles. The topological polar surface area (TPSA) is 32.3 Å². The van der Waals surface area contributed by atoms with Crippen molar-refractivity contribution in [2.75, 3.05) is 11.9 Å². The highest BCUT2D eigenvalue weighted by molar-refractivity contribution is 5.49. The van der Waals surface area contributed by atoms with Gasteiger partial charge in [-0.1, -0.05) is 23.8 Å². The molecule has 0 heterocycles. The lowest BCUT2D eigenvalue weighted by atomic mass is 9.99. The van der Waals surface area contributed by atoms with Crippen molar-refractivity contribution in [1.82, 2.24) is 0 Å². The van der Waals surface area contributed by atoms with Crippen LogP contribution in [0.15, 0.2) is 36.4 Å². The first-order chi connectivity index (χ1) is 9.49. The lowest BCUT2D eigenvalue weighted by Crippen LogP contribution is -2.16. The van der Waals surface area contributed by atoms with Crippen molar-refractivity contribution in [3.8, 4) is 0 Å². The highest BCUT2D eigenvalue weighted by Gasteiger charge is 2.13. The third-order valence-corrected chi connectivity index (χ3v) is 3.38. The highest BCUT2D eigenvalue weighted by atomic mass is 19.1. The lowest BCUT2D eigenvalue weighted by molar-refractivity contribution is 0.276. The minimum atomic E-state index is -0.273. The Morgan fingerprint density at radius 3 is 2.45 bits per heavy atom. The van der Waals surface area contributed by atoms with Gasteiger partial charge in [0.25, 0.3) is 0 Å². The summed E-state index contributed by atoms with van der Waals surface area (Å²) >= 11 is 0. The summed E-state index contributed by atoms with van der Waals surface area (Å²) in [5.74, 6) is -0.273. The number of nitrogens with one attached hydrogen (secondary N) is 1. The van der Waals surface area contributed by atoms with Gasteiger partial charge in [0.2, 0.25) is 0 Å². The Bertz CT molecular complexity index is 590. The molecule has 0 fully saturated rings. The van der Waals surface area contributed by atoms with E-state index in [0.29, 0.717) is 5.69 Å². The highest BCUT2D eigenvalue weighted by Crippen LogP contribution is 2.24. The molecule has 0 aromatic heterocycles. The maximum Gasteiger partial charge on any atom is 0.125 e. The van der Waals surface area contributed by atoms with Crippen LogP contribution in [0.4, 0.5) is 10.1 Å². The van der Waals surface area contributed by atoms with Crippen LogP contribution in [0.1, 0.15) is 28.3 Å². The molecule has 0 radical (unpaired) electrons. The summed E-state index contributed by atoms with van der Waals surface area (Å²) in [5, 5.41) is 12.8. The van der Waals surface area contributed by atoms with Crippen molar-refractivity contribution < 1.29 is 9.50 Å². The molecule has 0 aliphatic rings. The van der Waals surface area contributed by atoms with Gasteiger partial charge in [0.1, 0.15) is 5.82 Å². The van der Waals surface area contributed by atoms with E-state index >= 15 is 0 Å². The average molecular weight is 273 g/mol. The second kappa shape index (κ2) is 6.06. The Labute approximate surface area is 119 Å². The molecule has 2 nitrogen and oxygen atoms in total. The molecule has 2 rings (SSSR count). The number of aryl methyl sites for hydroxylation is 3. The fraction of sp³-hybridized carbons (Fsp3) is 0.294. The Morgan fingerprint density at radius 1 is 1.05 bits per heavy atom. The number of halogens is 1. The summed E-state index contributed by atoms with van der Waals surface area (Å²) in [7, 11) is 0. The predicted octanol–water partition coefficient (Wildman–Crippen LogP) is 3.90. The summed E-state index contributed by atoms with van der Waals surface area (Å²) in [5.41, 5.74) is 4.82. The predicted molar refractivity (Wildman–Crippen MR) is 80.5 cm³/mol. The van der Waals surface area contributed by atoms with E-state index in [1.807, 2.05) is 39.0 Å². The molecule has 1 atom stereocenters. The zero-order chi connectivity index (χ0) is 14.7. The van der Waals surface area contributed by atoms with Crippen LogP contribution in [0.25, 0.3) is 0 Å². The number of aliphatic hydroxyl groups is 1. The van der Waals surface area contributed by atoms with Gasteiger partial charge in [0.05, 0.1) is 12.6 Å². The van der Waals surface area contributed by atoms with Crippen molar-refractivity contribution in [2.45, 2.75) is 26.8 Å². The van der Waals surface area contributed by atoms with Crippen molar-refractivity contribution in [3.05, 3.63) is 64.5 Å². The second-order valence-electron chi connectivity index (χ2n) is 5.26. The van der Waals surface area contributed by atoms with Gasteiger partial charge < -0.3 is 10.4 Å². The quantitative estimate of drug-likeness (QED) is 0.885. The summed E-state index contributed by atoms with van der Waals surface area (Å²) < 4.78 is 13.4. The van der Waals surface area contributed by atoms with Gasteiger partial charge in [-0.3, -0.25) is 0 Å². The van der Waals surface area contributed by atoms with E-state index in [1.165, 1.54) is 12.1 Å². The lowest BCUT2D eigenvalue weighted by Gasteiger charge is -2.21. The third kappa shape index (κ3) is 3.36. The minimum absolute atomic E-state index is 0.0418. The van der Waals surface area contributed by atoms with Crippen LogP contribution in [0.2, 0.25) is 0 Å². The number of rotatable bonds is 4. The zero-order valence-electron chi connectivity index (χ0n) is 12.1. The van der Waals surface area contributed by atoms with Crippen molar-refractivity contribution in [3.63, 3.8) is 0 Å². The molecule has 2 N–H and O–H groups in total. The van der Waals surface area contributed by atoms with E-state index in [1.54, 1.807) is 0 Å². The number of benzene rings is 2. The number of hydrogen-bond donors (Lipinski definition) is 2. The Kier molecular flexibility index (Phi) is 4.40. The van der Waals surface area contributed by atoms with E-state index in [0.717, 1.165) is 22.3 Å². The van der Waals surface area contributed by atoms with E-state index in [9.17, 15) is 9.50 Å². The molecule has 1 unspecified atom stereocenters. The van der Waals surface area contributed by atoms with Crippen LogP contribution >= 0.6 is 0 Å². The molecule has 2 aromatic rings. The summed E-state index contributed by atoms with van der Waals surface area (Å²) in [6, 6.07) is 10.7. The summed E-state index contributed by atoms with van der Waals surface area (Å²) in [6.45, 7) is 5.83. The van der Waals surface area contributed by atoms with Crippen LogP contribution < -0.4 is 5.32 Å². The van der Waals surface area contributed by atoms with Crippen LogP contribution in [0.3, 0.4) is 0 Å². The number of hydrogen-bond acceptors (Lipinski definition) is 2. The van der Waals surface area contributed by atoms with Crippen molar-refractivity contribution in [2.24, 2.45) is 0 Å². The molecule has 0 spiro atoms. The molecule has 0 saturated heterocycles. The Hall–Kier alpha value is -1.87. The molecule has 0 amide bonds. The smallest absolute Gasteiger partial charge is 0.125 e. The van der Waals surface area contributed by atoms with E-state index in [4.69, 9.17) is 0 Å². The average Bonchev–Trinajstić information content (AvgIpc) is 2.38. The standard InChI is InChI=1S/C17H20FNO/c1-11-4-5-13(3)16(8-11)17(10-20)19-15-7-12(2)6-14(18)9-15/h4-9,17,19-20H,10H2,1-3H3. The van der Waals surface area contributed by atoms with Crippen LogP contribution in [0, 0.1) is 26.6 Å². The Morgan fingerprint density at radius 2 is 1.80 bits per heavy atom.